The molecule has 0 N–H and O–H groups in total. The van der Waals surface area contributed by atoms with Crippen LogP contribution in [-0.4, -0.2) is 34.1 Å². The Morgan fingerprint density at radius 1 is 1.03 bits per heavy atom. The van der Waals surface area contributed by atoms with Crippen molar-refractivity contribution < 1.29 is 13.6 Å². The lowest BCUT2D eigenvalue weighted by molar-refractivity contribution is -0.132. The van der Waals surface area contributed by atoms with Crippen LogP contribution in [0, 0.1) is 11.7 Å². The average Bonchev–Trinajstić information content (AvgIpc) is 3.23. The van der Waals surface area contributed by atoms with Gasteiger partial charge in [0.25, 0.3) is 0 Å². The molecule has 5 nitrogen and oxygen atoms in total. The van der Waals surface area contributed by atoms with Crippen molar-refractivity contribution in [3.8, 4) is 11.5 Å². The number of piperidine rings is 1. The van der Waals surface area contributed by atoms with Crippen LogP contribution in [-0.2, 0) is 17.6 Å². The minimum absolute atomic E-state index is 0.129. The van der Waals surface area contributed by atoms with Crippen molar-refractivity contribution in [1.29, 1.82) is 0 Å². The number of halogens is 1. The fourth-order valence-electron chi connectivity index (χ4n) is 3.77. The van der Waals surface area contributed by atoms with Crippen molar-refractivity contribution in [1.82, 2.24) is 15.1 Å². The summed E-state index contributed by atoms with van der Waals surface area (Å²) >= 11 is 0. The van der Waals surface area contributed by atoms with Crippen LogP contribution < -0.4 is 0 Å². The minimum Gasteiger partial charge on any atom is -0.421 e. The zero-order chi connectivity index (χ0) is 20.1. The molecule has 0 saturated carbocycles. The molecule has 1 aromatic heterocycles. The summed E-state index contributed by atoms with van der Waals surface area (Å²) in [4.78, 5) is 14.5. The van der Waals surface area contributed by atoms with Gasteiger partial charge in [-0.3, -0.25) is 4.79 Å². The predicted molar refractivity (Wildman–Crippen MR) is 107 cm³/mol. The van der Waals surface area contributed by atoms with Gasteiger partial charge in [-0.25, -0.2) is 4.39 Å². The summed E-state index contributed by atoms with van der Waals surface area (Å²) in [6.45, 7) is 1.61. The van der Waals surface area contributed by atoms with Crippen molar-refractivity contribution in [3.63, 3.8) is 0 Å². The normalized spacial score (nSPS) is 14.9. The minimum atomic E-state index is -0.313. The quantitative estimate of drug-likeness (QED) is 0.627. The van der Waals surface area contributed by atoms with Gasteiger partial charge in [-0.1, -0.05) is 30.3 Å². The van der Waals surface area contributed by atoms with Gasteiger partial charge in [0, 0.05) is 31.5 Å². The number of carbonyl (C=O) groups is 1. The first-order chi connectivity index (χ1) is 14.2. The molecule has 1 amide bonds. The summed E-state index contributed by atoms with van der Waals surface area (Å²) in [6.07, 6.45) is 3.92. The monoisotopic (exact) mass is 393 g/mol. The number of nitrogens with zero attached hydrogens (tertiary/aromatic N) is 3. The number of likely N-dealkylation sites (tertiary alicyclic amines) is 1. The molecule has 0 atom stereocenters. The lowest BCUT2D eigenvalue weighted by atomic mass is 9.90. The molecule has 4 rings (SSSR count). The van der Waals surface area contributed by atoms with Gasteiger partial charge < -0.3 is 9.32 Å². The van der Waals surface area contributed by atoms with Crippen molar-refractivity contribution in [2.45, 2.75) is 32.1 Å². The Bertz CT molecular complexity index is 932. The van der Waals surface area contributed by atoms with Gasteiger partial charge in [0.15, 0.2) is 0 Å². The van der Waals surface area contributed by atoms with E-state index >= 15 is 0 Å². The highest BCUT2D eigenvalue weighted by molar-refractivity contribution is 5.76. The van der Waals surface area contributed by atoms with E-state index in [1.54, 1.807) is 12.1 Å². The smallest absolute Gasteiger partial charge is 0.247 e. The number of hydrogen-bond acceptors (Lipinski definition) is 4. The number of aromatic nitrogens is 2. The molecule has 3 aromatic rings. The first-order valence-electron chi connectivity index (χ1n) is 10.1. The Morgan fingerprint density at radius 2 is 1.76 bits per heavy atom. The molecule has 6 heteroatoms. The molecule has 1 saturated heterocycles. The van der Waals surface area contributed by atoms with Crippen LogP contribution in [0.4, 0.5) is 4.39 Å². The number of carbonyl (C=O) groups excluding carboxylic acids is 1. The molecular weight excluding hydrogens is 369 g/mol. The SMILES string of the molecule is O=C(CCc1nnc(-c2ccc(F)cc2)o1)N1CCC(Cc2ccccc2)CC1. The maximum Gasteiger partial charge on any atom is 0.247 e. The van der Waals surface area contributed by atoms with E-state index in [0.29, 0.717) is 36.1 Å². The number of hydrogen-bond donors (Lipinski definition) is 0. The lowest BCUT2D eigenvalue weighted by Crippen LogP contribution is -2.39. The topological polar surface area (TPSA) is 59.2 Å². The van der Waals surface area contributed by atoms with Crippen molar-refractivity contribution >= 4 is 5.91 Å². The van der Waals surface area contributed by atoms with Crippen LogP contribution in [0.3, 0.4) is 0 Å². The summed E-state index contributed by atoms with van der Waals surface area (Å²) in [6, 6.07) is 16.4. The molecule has 1 fully saturated rings. The van der Waals surface area contributed by atoms with Gasteiger partial charge in [0.05, 0.1) is 0 Å². The molecule has 2 heterocycles. The third kappa shape index (κ3) is 5.08. The number of amides is 1. The van der Waals surface area contributed by atoms with Gasteiger partial charge in [-0.2, -0.15) is 0 Å². The number of aryl methyl sites for hydroxylation is 1. The van der Waals surface area contributed by atoms with E-state index in [1.165, 1.54) is 17.7 Å². The van der Waals surface area contributed by atoms with E-state index in [4.69, 9.17) is 4.42 Å². The lowest BCUT2D eigenvalue weighted by Gasteiger charge is -2.32. The first kappa shape index (κ1) is 19.3. The van der Waals surface area contributed by atoms with E-state index in [-0.39, 0.29) is 11.7 Å². The van der Waals surface area contributed by atoms with Crippen LogP contribution in [0.15, 0.2) is 59.0 Å². The van der Waals surface area contributed by atoms with Gasteiger partial charge >= 0.3 is 0 Å². The summed E-state index contributed by atoms with van der Waals surface area (Å²) in [5.41, 5.74) is 2.03. The van der Waals surface area contributed by atoms with Crippen LogP contribution in [0.1, 0.15) is 30.7 Å². The van der Waals surface area contributed by atoms with Gasteiger partial charge in [0.2, 0.25) is 17.7 Å². The maximum atomic E-state index is 13.0. The first-order valence-corrected chi connectivity index (χ1v) is 10.1. The summed E-state index contributed by atoms with van der Waals surface area (Å²) < 4.78 is 18.6. The van der Waals surface area contributed by atoms with Crippen LogP contribution in [0.5, 0.6) is 0 Å². The molecule has 150 valence electrons. The van der Waals surface area contributed by atoms with Crippen molar-refractivity contribution in [2.75, 3.05) is 13.1 Å². The number of rotatable bonds is 6. The molecule has 0 bridgehead atoms. The summed E-state index contributed by atoms with van der Waals surface area (Å²) in [7, 11) is 0. The second kappa shape index (κ2) is 8.99. The van der Waals surface area contributed by atoms with Crippen LogP contribution in [0.2, 0.25) is 0 Å². The fraction of sp³-hybridized carbons (Fsp3) is 0.348. The zero-order valence-electron chi connectivity index (χ0n) is 16.3. The largest absolute Gasteiger partial charge is 0.421 e. The Hall–Kier alpha value is -3.02. The van der Waals surface area contributed by atoms with Crippen LogP contribution in [0.25, 0.3) is 11.5 Å². The molecule has 1 aliphatic heterocycles. The zero-order valence-corrected chi connectivity index (χ0v) is 16.3. The molecule has 0 radical (unpaired) electrons. The highest BCUT2D eigenvalue weighted by Gasteiger charge is 2.23. The average molecular weight is 393 g/mol. The van der Waals surface area contributed by atoms with Gasteiger partial charge in [-0.15, -0.1) is 10.2 Å². The standard InChI is InChI=1S/C23H24FN3O2/c24-20-8-6-19(7-9-20)23-26-25-21(29-23)10-11-22(28)27-14-12-18(13-15-27)16-17-4-2-1-3-5-17/h1-9,18H,10-16H2. The van der Waals surface area contributed by atoms with Gasteiger partial charge in [0.1, 0.15) is 5.82 Å². The summed E-state index contributed by atoms with van der Waals surface area (Å²) in [5, 5.41) is 8.00. The predicted octanol–water partition coefficient (Wildman–Crippen LogP) is 4.29. The van der Waals surface area contributed by atoms with Crippen molar-refractivity contribution in [3.05, 3.63) is 71.9 Å². The Labute approximate surface area is 169 Å². The Balaban J connectivity index is 1.24. The molecule has 1 aliphatic rings. The third-order valence-corrected chi connectivity index (χ3v) is 5.45. The second-order valence-corrected chi connectivity index (χ2v) is 7.52. The van der Waals surface area contributed by atoms with Crippen molar-refractivity contribution in [2.24, 2.45) is 5.92 Å². The molecule has 2 aromatic carbocycles. The van der Waals surface area contributed by atoms with E-state index in [9.17, 15) is 9.18 Å². The van der Waals surface area contributed by atoms with E-state index < -0.39 is 0 Å². The van der Waals surface area contributed by atoms with Crippen LogP contribution >= 0.6 is 0 Å². The Morgan fingerprint density at radius 3 is 2.48 bits per heavy atom. The highest BCUT2D eigenvalue weighted by atomic mass is 19.1. The van der Waals surface area contributed by atoms with E-state index in [0.717, 1.165) is 32.4 Å². The fourth-order valence-corrected chi connectivity index (χ4v) is 3.77. The number of benzene rings is 2. The highest BCUT2D eigenvalue weighted by Crippen LogP contribution is 2.23. The van der Waals surface area contributed by atoms with E-state index in [2.05, 4.69) is 34.5 Å². The summed E-state index contributed by atoms with van der Waals surface area (Å²) in [5.74, 6) is 1.22. The molecule has 0 aliphatic carbocycles. The van der Waals surface area contributed by atoms with Gasteiger partial charge in [-0.05, 0) is 55.0 Å². The third-order valence-electron chi connectivity index (χ3n) is 5.45. The molecule has 29 heavy (non-hydrogen) atoms. The molecule has 0 unspecified atom stereocenters. The van der Waals surface area contributed by atoms with E-state index in [1.807, 2.05) is 11.0 Å². The second-order valence-electron chi connectivity index (χ2n) is 7.52. The molecular formula is C23H24FN3O2. The molecule has 0 spiro atoms. The Kier molecular flexibility index (Phi) is 5.98. The maximum absolute atomic E-state index is 13.0.